The minimum absolute atomic E-state index is 0.0388. The number of nitrogens with zero attached hydrogens (tertiary/aromatic N) is 4. The summed E-state index contributed by atoms with van der Waals surface area (Å²) in [6, 6.07) is 13.5. The molecule has 1 unspecified atom stereocenters. The number of carboxylic acids is 1. The van der Waals surface area contributed by atoms with E-state index in [1.807, 2.05) is 41.3 Å². The van der Waals surface area contributed by atoms with Crippen molar-refractivity contribution in [1.29, 1.82) is 0 Å². The van der Waals surface area contributed by atoms with Crippen molar-refractivity contribution in [3.05, 3.63) is 59.2 Å². The van der Waals surface area contributed by atoms with Crippen LogP contribution in [-0.2, 0) is 27.2 Å². The van der Waals surface area contributed by atoms with Gasteiger partial charge in [0.05, 0.1) is 53.2 Å². The second-order valence-corrected chi connectivity index (χ2v) is 13.7. The Bertz CT molecular complexity index is 1350. The number of amides is 2. The SMILES string of the molecule is CCCCN(CCC[N+](C)(C)C)C(=O)CN1C[C@H](c2ccc3c(c2)CCO3)C(C(=O)O)[C@@H]1CCN1C(=O)Cc2ccccc21. The number of ether oxygens (including phenoxy) is 1. The number of aliphatic carboxylic acids is 1. The monoisotopic (exact) mass is 605 g/mol. The van der Waals surface area contributed by atoms with Gasteiger partial charge >= 0.3 is 5.97 Å². The summed E-state index contributed by atoms with van der Waals surface area (Å²) in [5.41, 5.74) is 4.00. The first-order valence-electron chi connectivity index (χ1n) is 16.2. The van der Waals surface area contributed by atoms with Crippen LogP contribution < -0.4 is 9.64 Å². The van der Waals surface area contributed by atoms with Crippen LogP contribution in [0.4, 0.5) is 5.69 Å². The lowest BCUT2D eigenvalue weighted by Crippen LogP contribution is -2.46. The van der Waals surface area contributed by atoms with Gasteiger partial charge in [0, 0.05) is 56.7 Å². The average molecular weight is 606 g/mol. The summed E-state index contributed by atoms with van der Waals surface area (Å²) in [6.45, 7) is 6.23. The van der Waals surface area contributed by atoms with Crippen LogP contribution in [0.25, 0.3) is 0 Å². The molecule has 0 saturated carbocycles. The highest BCUT2D eigenvalue weighted by molar-refractivity contribution is 6.01. The normalized spacial score (nSPS) is 21.3. The van der Waals surface area contributed by atoms with Crippen molar-refractivity contribution in [2.75, 3.05) is 71.9 Å². The summed E-state index contributed by atoms with van der Waals surface area (Å²) in [4.78, 5) is 45.8. The largest absolute Gasteiger partial charge is 0.493 e. The van der Waals surface area contributed by atoms with E-state index in [9.17, 15) is 19.5 Å². The molecular weight excluding hydrogens is 556 g/mol. The number of carbonyl (C=O) groups excluding carboxylic acids is 2. The van der Waals surface area contributed by atoms with Crippen molar-refractivity contribution >= 4 is 23.5 Å². The predicted molar refractivity (Wildman–Crippen MR) is 171 cm³/mol. The summed E-state index contributed by atoms with van der Waals surface area (Å²) in [6.07, 6.45) is 4.51. The molecule has 3 atom stereocenters. The molecule has 2 aromatic rings. The third-order valence-corrected chi connectivity index (χ3v) is 9.48. The number of quaternary nitrogens is 1. The summed E-state index contributed by atoms with van der Waals surface area (Å²) in [7, 11) is 6.48. The molecule has 0 radical (unpaired) electrons. The molecule has 0 bridgehead atoms. The minimum Gasteiger partial charge on any atom is -0.493 e. The summed E-state index contributed by atoms with van der Waals surface area (Å²) >= 11 is 0. The fraction of sp³-hybridized carbons (Fsp3) is 0.571. The van der Waals surface area contributed by atoms with Crippen molar-refractivity contribution in [2.24, 2.45) is 5.92 Å². The van der Waals surface area contributed by atoms with E-state index < -0.39 is 11.9 Å². The zero-order valence-corrected chi connectivity index (χ0v) is 26.8. The summed E-state index contributed by atoms with van der Waals surface area (Å²) in [5.74, 6) is -0.852. The first-order valence-corrected chi connectivity index (χ1v) is 16.2. The third-order valence-electron chi connectivity index (χ3n) is 9.48. The van der Waals surface area contributed by atoms with Crippen LogP contribution in [0.2, 0.25) is 0 Å². The molecule has 1 fully saturated rings. The number of carboxylic acid groups (broad SMARTS) is 1. The van der Waals surface area contributed by atoms with E-state index in [0.717, 1.165) is 64.8 Å². The molecule has 9 nitrogen and oxygen atoms in total. The van der Waals surface area contributed by atoms with Gasteiger partial charge in [0.2, 0.25) is 11.8 Å². The number of likely N-dealkylation sites (tertiary alicyclic amines) is 1. The Balaban J connectivity index is 1.39. The molecule has 44 heavy (non-hydrogen) atoms. The van der Waals surface area contributed by atoms with Gasteiger partial charge in [0.15, 0.2) is 0 Å². The maximum absolute atomic E-state index is 13.9. The molecule has 1 N–H and O–H groups in total. The fourth-order valence-electron chi connectivity index (χ4n) is 7.17. The first-order chi connectivity index (χ1) is 21.1. The Morgan fingerprint density at radius 2 is 1.84 bits per heavy atom. The van der Waals surface area contributed by atoms with E-state index in [-0.39, 0.29) is 30.3 Å². The molecule has 3 aliphatic rings. The molecule has 5 rings (SSSR count). The summed E-state index contributed by atoms with van der Waals surface area (Å²) < 4.78 is 6.56. The van der Waals surface area contributed by atoms with E-state index in [1.54, 1.807) is 4.90 Å². The molecule has 0 aromatic heterocycles. The van der Waals surface area contributed by atoms with E-state index in [4.69, 9.17) is 4.74 Å². The number of hydrogen-bond acceptors (Lipinski definition) is 5. The quantitative estimate of drug-likeness (QED) is 0.330. The van der Waals surface area contributed by atoms with Gasteiger partial charge in [0.25, 0.3) is 0 Å². The molecule has 3 heterocycles. The molecule has 3 aliphatic heterocycles. The smallest absolute Gasteiger partial charge is 0.308 e. The molecule has 2 amide bonds. The van der Waals surface area contributed by atoms with Crippen LogP contribution in [0, 0.1) is 5.92 Å². The molecular formula is C35H49N4O5+. The van der Waals surface area contributed by atoms with Crippen molar-refractivity contribution < 1.29 is 28.7 Å². The lowest BCUT2D eigenvalue weighted by Gasteiger charge is -2.31. The highest BCUT2D eigenvalue weighted by Gasteiger charge is 2.47. The topological polar surface area (TPSA) is 90.4 Å². The van der Waals surface area contributed by atoms with Crippen molar-refractivity contribution in [1.82, 2.24) is 9.80 Å². The molecule has 1 saturated heterocycles. The number of rotatable bonds is 14. The number of para-hydroxylation sites is 1. The van der Waals surface area contributed by atoms with Gasteiger partial charge in [-0.2, -0.15) is 0 Å². The van der Waals surface area contributed by atoms with Crippen LogP contribution in [0.3, 0.4) is 0 Å². The van der Waals surface area contributed by atoms with Crippen LogP contribution in [0.1, 0.15) is 55.2 Å². The first kappa shape index (κ1) is 32.0. The van der Waals surface area contributed by atoms with Crippen molar-refractivity contribution in [3.63, 3.8) is 0 Å². The van der Waals surface area contributed by atoms with Gasteiger partial charge in [0.1, 0.15) is 5.75 Å². The molecule has 0 aliphatic carbocycles. The van der Waals surface area contributed by atoms with E-state index in [0.29, 0.717) is 45.6 Å². The standard InChI is InChI=1S/C35H48N4O5/c1-5-6-16-36(17-9-19-39(2,3)4)33(41)24-37-23-28(25-12-13-31-27(21-25)15-20-44-31)34(35(42)43)30(37)14-18-38-29-11-8-7-10-26(29)22-32(38)40/h7-8,10-13,21,28,30,34H,5-6,9,14-20,22-24H2,1-4H3/p+1/t28-,30+,34?/m1/s1. The van der Waals surface area contributed by atoms with E-state index in [2.05, 4.69) is 39.0 Å². The molecule has 9 heteroatoms. The second-order valence-electron chi connectivity index (χ2n) is 13.7. The number of carbonyl (C=O) groups is 3. The maximum atomic E-state index is 13.9. The van der Waals surface area contributed by atoms with Crippen LogP contribution in [0.5, 0.6) is 5.75 Å². The molecule has 238 valence electrons. The number of unbranched alkanes of at least 4 members (excludes halogenated alkanes) is 1. The van der Waals surface area contributed by atoms with Gasteiger partial charge in [-0.1, -0.05) is 43.7 Å². The van der Waals surface area contributed by atoms with E-state index >= 15 is 0 Å². The van der Waals surface area contributed by atoms with Gasteiger partial charge in [-0.3, -0.25) is 19.3 Å². The Morgan fingerprint density at radius 1 is 1.07 bits per heavy atom. The Labute approximate surface area is 262 Å². The Kier molecular flexibility index (Phi) is 9.95. The number of benzene rings is 2. The van der Waals surface area contributed by atoms with Crippen LogP contribution in [0.15, 0.2) is 42.5 Å². The average Bonchev–Trinajstić information content (AvgIpc) is 3.67. The zero-order chi connectivity index (χ0) is 31.4. The van der Waals surface area contributed by atoms with Gasteiger partial charge in [-0.25, -0.2) is 0 Å². The highest BCUT2D eigenvalue weighted by atomic mass is 16.5. The Hall–Kier alpha value is -3.43. The summed E-state index contributed by atoms with van der Waals surface area (Å²) in [5, 5.41) is 10.7. The fourth-order valence-corrected chi connectivity index (χ4v) is 7.17. The highest BCUT2D eigenvalue weighted by Crippen LogP contribution is 2.41. The molecule has 0 spiro atoms. The zero-order valence-electron chi connectivity index (χ0n) is 26.8. The van der Waals surface area contributed by atoms with Crippen molar-refractivity contribution in [3.8, 4) is 5.75 Å². The minimum atomic E-state index is -0.856. The lowest BCUT2D eigenvalue weighted by atomic mass is 9.83. The van der Waals surface area contributed by atoms with E-state index in [1.165, 1.54) is 0 Å². The number of anilines is 1. The lowest BCUT2D eigenvalue weighted by molar-refractivity contribution is -0.870. The van der Waals surface area contributed by atoms with Crippen LogP contribution in [-0.4, -0.2) is 110 Å². The Morgan fingerprint density at radius 3 is 2.59 bits per heavy atom. The number of fused-ring (bicyclic) bond motifs is 2. The third kappa shape index (κ3) is 7.26. The predicted octanol–water partition coefficient (Wildman–Crippen LogP) is 3.79. The molecule has 2 aromatic carbocycles. The van der Waals surface area contributed by atoms with Gasteiger partial charge in [-0.05, 0) is 41.7 Å². The van der Waals surface area contributed by atoms with Crippen molar-refractivity contribution in [2.45, 2.75) is 57.4 Å². The van der Waals surface area contributed by atoms with Crippen LogP contribution >= 0.6 is 0 Å². The van der Waals surface area contributed by atoms with Gasteiger partial charge < -0.3 is 24.1 Å². The second kappa shape index (κ2) is 13.7. The maximum Gasteiger partial charge on any atom is 0.308 e. The number of hydrogen-bond donors (Lipinski definition) is 1. The van der Waals surface area contributed by atoms with Gasteiger partial charge in [-0.15, -0.1) is 0 Å².